The largest absolute Gasteiger partial charge is 0.504 e. The highest BCUT2D eigenvalue weighted by atomic mass is 19.1. The van der Waals surface area contributed by atoms with E-state index in [4.69, 9.17) is 4.74 Å². The van der Waals surface area contributed by atoms with Gasteiger partial charge in [-0.25, -0.2) is 14.2 Å². The van der Waals surface area contributed by atoms with Crippen LogP contribution < -0.4 is 0 Å². The van der Waals surface area contributed by atoms with Crippen LogP contribution in [-0.4, -0.2) is 82.9 Å². The topological polar surface area (TPSA) is 103 Å². The number of carbonyl (C=O) groups excluding carboxylic acids is 3. The quantitative estimate of drug-likeness (QED) is 0.540. The predicted octanol–water partition coefficient (Wildman–Crippen LogP) is 0.929. The van der Waals surface area contributed by atoms with Crippen molar-refractivity contribution < 1.29 is 33.2 Å². The summed E-state index contributed by atoms with van der Waals surface area (Å²) in [4.78, 5) is 45.4. The highest BCUT2D eigenvalue weighted by Crippen LogP contribution is 2.31. The Morgan fingerprint density at radius 3 is 2.36 bits per heavy atom. The lowest BCUT2D eigenvalue weighted by atomic mass is 9.89. The number of amides is 3. The molecular weight excluding hydrogens is 431 g/mol. The van der Waals surface area contributed by atoms with E-state index in [1.54, 1.807) is 26.2 Å². The summed E-state index contributed by atoms with van der Waals surface area (Å²) in [6.07, 6.45) is 2.05. The molecule has 9 nitrogen and oxygen atoms in total. The van der Waals surface area contributed by atoms with Crippen LogP contribution in [0.3, 0.4) is 0 Å². The molecule has 3 amide bonds. The zero-order valence-corrected chi connectivity index (χ0v) is 18.5. The van der Waals surface area contributed by atoms with E-state index in [9.17, 15) is 23.9 Å². The fourth-order valence-corrected chi connectivity index (χ4v) is 3.71. The van der Waals surface area contributed by atoms with E-state index in [1.807, 2.05) is 0 Å². The molecule has 3 aliphatic rings. The Kier molecular flexibility index (Phi) is 5.44. The second-order valence-electron chi connectivity index (χ2n) is 8.16. The molecule has 3 aliphatic heterocycles. The lowest BCUT2D eigenvalue weighted by Gasteiger charge is -2.30. The second kappa shape index (κ2) is 8.12. The summed E-state index contributed by atoms with van der Waals surface area (Å²) < 4.78 is 20.4. The van der Waals surface area contributed by atoms with Crippen LogP contribution in [-0.2, 0) is 25.5 Å². The maximum Gasteiger partial charge on any atom is 0.434 e. The molecule has 1 N–H and O–H groups in total. The van der Waals surface area contributed by atoms with Gasteiger partial charge in [0.2, 0.25) is 12.3 Å². The lowest BCUT2D eigenvalue weighted by Crippen LogP contribution is -2.52. The normalized spacial score (nSPS) is 19.2. The van der Waals surface area contributed by atoms with Gasteiger partial charge in [0, 0.05) is 40.0 Å². The first-order valence-corrected chi connectivity index (χ1v) is 10.1. The van der Waals surface area contributed by atoms with Crippen LogP contribution in [0.15, 0.2) is 64.3 Å². The minimum atomic E-state index is -0.923. The van der Waals surface area contributed by atoms with Crippen molar-refractivity contribution in [2.45, 2.75) is 12.5 Å². The minimum absolute atomic E-state index is 0.0141. The average molecular weight is 453 g/mol. The number of aliphatic imine (C=N–C) groups is 1. The molecule has 10 heteroatoms. The molecule has 0 bridgehead atoms. The molecule has 33 heavy (non-hydrogen) atoms. The van der Waals surface area contributed by atoms with Gasteiger partial charge in [-0.1, -0.05) is 12.1 Å². The number of likely N-dealkylation sites (N-methyl/N-ethyl adjacent to an activating group) is 2. The SMILES string of the molecule is CN(C)C(=O)C1=C[N+]2=C3C(=NC=C(Cc4ccc(F)cc4)C3O1)C(O)=C(C(=O)N(C)C)C2=O. The van der Waals surface area contributed by atoms with Crippen molar-refractivity contribution in [3.63, 3.8) is 0 Å². The first kappa shape index (κ1) is 22.1. The van der Waals surface area contributed by atoms with Crippen LogP contribution in [0.4, 0.5) is 4.39 Å². The van der Waals surface area contributed by atoms with Crippen LogP contribution in [0.1, 0.15) is 5.56 Å². The Labute approximate surface area is 189 Å². The molecule has 0 fully saturated rings. The molecule has 170 valence electrons. The fourth-order valence-electron chi connectivity index (χ4n) is 3.71. The van der Waals surface area contributed by atoms with Gasteiger partial charge in [-0.15, -0.1) is 4.58 Å². The van der Waals surface area contributed by atoms with Crippen molar-refractivity contribution in [1.29, 1.82) is 0 Å². The number of ether oxygens (including phenoxy) is 1. The molecule has 1 unspecified atom stereocenters. The molecule has 0 saturated carbocycles. The maximum atomic E-state index is 13.3. The van der Waals surface area contributed by atoms with Crippen LogP contribution >= 0.6 is 0 Å². The number of hydrogen-bond donors (Lipinski definition) is 1. The summed E-state index contributed by atoms with van der Waals surface area (Å²) in [5.74, 6) is -3.00. The summed E-state index contributed by atoms with van der Waals surface area (Å²) in [5.41, 5.74) is 1.12. The van der Waals surface area contributed by atoms with Crippen molar-refractivity contribution in [1.82, 2.24) is 9.80 Å². The van der Waals surface area contributed by atoms with Crippen molar-refractivity contribution in [3.05, 3.63) is 70.7 Å². The molecule has 0 saturated heterocycles. The van der Waals surface area contributed by atoms with Gasteiger partial charge in [-0.2, -0.15) is 0 Å². The molecule has 4 rings (SSSR count). The molecule has 0 spiro atoms. The summed E-state index contributed by atoms with van der Waals surface area (Å²) in [6.45, 7) is 0. The van der Waals surface area contributed by atoms with Gasteiger partial charge in [0.15, 0.2) is 17.0 Å². The average Bonchev–Trinajstić information content (AvgIpc) is 2.78. The van der Waals surface area contributed by atoms with Crippen LogP contribution in [0, 0.1) is 5.82 Å². The number of benzene rings is 1. The number of allylic oxidation sites excluding steroid dienone is 1. The van der Waals surface area contributed by atoms with Gasteiger partial charge in [-0.05, 0) is 24.1 Å². The van der Waals surface area contributed by atoms with E-state index in [-0.39, 0.29) is 23.0 Å². The number of aliphatic hydroxyl groups excluding tert-OH is 1. The fraction of sp³-hybridized carbons (Fsp3) is 0.261. The number of aliphatic hydroxyl groups is 1. The van der Waals surface area contributed by atoms with Gasteiger partial charge in [0.25, 0.3) is 23.3 Å². The Hall–Kier alpha value is -4.08. The third-order valence-corrected chi connectivity index (χ3v) is 5.39. The van der Waals surface area contributed by atoms with E-state index in [2.05, 4.69) is 4.99 Å². The third kappa shape index (κ3) is 3.73. The number of halogens is 1. The van der Waals surface area contributed by atoms with Gasteiger partial charge in [0.05, 0.1) is 0 Å². The minimum Gasteiger partial charge on any atom is -0.504 e. The molecule has 0 radical (unpaired) electrons. The molecule has 1 aromatic rings. The predicted molar refractivity (Wildman–Crippen MR) is 116 cm³/mol. The molecule has 0 aliphatic carbocycles. The molecule has 3 heterocycles. The third-order valence-electron chi connectivity index (χ3n) is 5.39. The summed E-state index contributed by atoms with van der Waals surface area (Å²) >= 11 is 0. The molecular formula is C23H22FN4O5+. The van der Waals surface area contributed by atoms with Gasteiger partial charge >= 0.3 is 5.91 Å². The van der Waals surface area contributed by atoms with Crippen LogP contribution in [0.2, 0.25) is 0 Å². The van der Waals surface area contributed by atoms with E-state index in [0.717, 1.165) is 10.1 Å². The highest BCUT2D eigenvalue weighted by Gasteiger charge is 2.52. The zero-order chi connectivity index (χ0) is 24.0. The van der Waals surface area contributed by atoms with Gasteiger partial charge in [0.1, 0.15) is 5.82 Å². The van der Waals surface area contributed by atoms with E-state index >= 15 is 0 Å². The Morgan fingerprint density at radius 1 is 1.12 bits per heavy atom. The summed E-state index contributed by atoms with van der Waals surface area (Å²) in [7, 11) is 5.99. The molecule has 1 atom stereocenters. The van der Waals surface area contributed by atoms with E-state index in [0.29, 0.717) is 12.0 Å². The maximum absolute atomic E-state index is 13.3. The Morgan fingerprint density at radius 2 is 1.76 bits per heavy atom. The Balaban J connectivity index is 1.87. The molecule has 0 aromatic heterocycles. The Bertz CT molecular complexity index is 1240. The van der Waals surface area contributed by atoms with Gasteiger partial charge in [-0.3, -0.25) is 9.59 Å². The van der Waals surface area contributed by atoms with Crippen LogP contribution in [0.5, 0.6) is 0 Å². The smallest absolute Gasteiger partial charge is 0.434 e. The van der Waals surface area contributed by atoms with Crippen molar-refractivity contribution >= 4 is 29.1 Å². The monoisotopic (exact) mass is 453 g/mol. The van der Waals surface area contributed by atoms with Gasteiger partial charge < -0.3 is 19.6 Å². The second-order valence-corrected chi connectivity index (χ2v) is 8.16. The van der Waals surface area contributed by atoms with Crippen molar-refractivity contribution in [2.75, 3.05) is 28.2 Å². The number of carbonyl (C=O) groups is 3. The standard InChI is InChI=1S/C23H21FN4O5/c1-26(2)21(30)15-11-28-18-17(19(29)16(23(28)32)22(31)27(3)4)25-10-13(20(18)33-15)9-12-5-7-14(24)8-6-12/h5-8,10-11,20H,9H2,1-4H3/p+1. The first-order chi connectivity index (χ1) is 15.6. The number of hydrogen-bond acceptors (Lipinski definition) is 6. The van der Waals surface area contributed by atoms with E-state index in [1.165, 1.54) is 48.4 Å². The van der Waals surface area contributed by atoms with E-state index < -0.39 is 35.2 Å². The van der Waals surface area contributed by atoms with Crippen molar-refractivity contribution in [2.24, 2.45) is 4.99 Å². The summed E-state index contributed by atoms with van der Waals surface area (Å²) in [6, 6.07) is 5.87. The van der Waals surface area contributed by atoms with Crippen LogP contribution in [0.25, 0.3) is 0 Å². The number of rotatable bonds is 4. The zero-order valence-electron chi connectivity index (χ0n) is 18.5. The highest BCUT2D eigenvalue weighted by molar-refractivity contribution is 6.52. The first-order valence-electron chi connectivity index (χ1n) is 10.1. The lowest BCUT2D eigenvalue weighted by molar-refractivity contribution is -0.385. The summed E-state index contributed by atoms with van der Waals surface area (Å²) in [5, 5.41) is 10.8. The molecule has 1 aromatic carbocycles. The van der Waals surface area contributed by atoms with Crippen molar-refractivity contribution in [3.8, 4) is 0 Å². The number of nitrogens with zero attached hydrogens (tertiary/aromatic N) is 4.